The number of halogens is 1. The summed E-state index contributed by atoms with van der Waals surface area (Å²) in [6, 6.07) is 13.4. The van der Waals surface area contributed by atoms with E-state index < -0.39 is 5.63 Å². The minimum absolute atomic E-state index is 0.153. The Labute approximate surface area is 178 Å². The number of carbonyl (C=O) groups is 2. The summed E-state index contributed by atoms with van der Waals surface area (Å²) in [6.45, 7) is 1.54. The van der Waals surface area contributed by atoms with Crippen LogP contribution in [0, 0.1) is 0 Å². The van der Waals surface area contributed by atoms with Crippen LogP contribution in [0.25, 0.3) is 11.0 Å². The third-order valence-electron chi connectivity index (χ3n) is 4.50. The number of hydrogen-bond donors (Lipinski definition) is 1. The fraction of sp³-hybridized carbons (Fsp3) is 0.227. The van der Waals surface area contributed by atoms with E-state index in [1.54, 1.807) is 42.5 Å². The topological polar surface area (TPSA) is 88.8 Å². The maximum atomic E-state index is 12.3. The van der Waals surface area contributed by atoms with Gasteiger partial charge in [-0.1, -0.05) is 30.7 Å². The standard InChI is InChI=1S/C22H21ClN2O5/c1-3-14-10-22(28)30-19-11-15(8-9-16(14)19)29-13-21(27)25(2)12-20(26)24-18-7-5-4-6-17(18)23/h4-11H,3,12-13H2,1-2H3,(H,24,26). The third-order valence-corrected chi connectivity index (χ3v) is 4.83. The number of nitrogens with one attached hydrogen (secondary N) is 1. The number of benzene rings is 2. The summed E-state index contributed by atoms with van der Waals surface area (Å²) in [5, 5.41) is 3.90. The summed E-state index contributed by atoms with van der Waals surface area (Å²) >= 11 is 6.01. The smallest absolute Gasteiger partial charge is 0.336 e. The number of para-hydroxylation sites is 1. The molecule has 0 aliphatic carbocycles. The summed E-state index contributed by atoms with van der Waals surface area (Å²) in [6.07, 6.45) is 0.696. The van der Waals surface area contributed by atoms with Crippen molar-refractivity contribution in [3.8, 4) is 5.75 Å². The van der Waals surface area contributed by atoms with Crippen molar-refractivity contribution in [2.75, 3.05) is 25.5 Å². The van der Waals surface area contributed by atoms with E-state index in [9.17, 15) is 14.4 Å². The Bertz CT molecular complexity index is 1140. The number of anilines is 1. The highest BCUT2D eigenvalue weighted by Gasteiger charge is 2.15. The summed E-state index contributed by atoms with van der Waals surface area (Å²) < 4.78 is 10.7. The number of carbonyl (C=O) groups excluding carboxylic acids is 2. The maximum absolute atomic E-state index is 12.3. The molecule has 7 nitrogen and oxygen atoms in total. The van der Waals surface area contributed by atoms with Gasteiger partial charge in [-0.15, -0.1) is 0 Å². The number of rotatable bonds is 7. The molecule has 0 aliphatic rings. The predicted molar refractivity (Wildman–Crippen MR) is 115 cm³/mol. The highest BCUT2D eigenvalue weighted by Crippen LogP contribution is 2.23. The molecule has 1 heterocycles. The van der Waals surface area contributed by atoms with Gasteiger partial charge >= 0.3 is 5.63 Å². The van der Waals surface area contributed by atoms with Gasteiger partial charge in [0.05, 0.1) is 17.3 Å². The molecule has 0 saturated heterocycles. The molecule has 0 radical (unpaired) electrons. The molecule has 3 aromatic rings. The van der Waals surface area contributed by atoms with Crippen molar-refractivity contribution < 1.29 is 18.7 Å². The number of hydrogen-bond acceptors (Lipinski definition) is 5. The molecule has 1 aromatic heterocycles. The first-order valence-electron chi connectivity index (χ1n) is 9.35. The van der Waals surface area contributed by atoms with Crippen molar-refractivity contribution in [1.82, 2.24) is 4.90 Å². The first-order valence-corrected chi connectivity index (χ1v) is 9.73. The zero-order valence-electron chi connectivity index (χ0n) is 16.6. The number of likely N-dealkylation sites (N-methyl/N-ethyl adjacent to an activating group) is 1. The normalized spacial score (nSPS) is 10.6. The van der Waals surface area contributed by atoms with Gasteiger partial charge in [-0.25, -0.2) is 4.79 Å². The number of amides is 2. The van der Waals surface area contributed by atoms with Gasteiger partial charge in [0, 0.05) is 24.6 Å². The lowest BCUT2D eigenvalue weighted by Crippen LogP contribution is -2.37. The highest BCUT2D eigenvalue weighted by molar-refractivity contribution is 6.33. The molecule has 156 valence electrons. The van der Waals surface area contributed by atoms with Crippen LogP contribution in [0.4, 0.5) is 5.69 Å². The van der Waals surface area contributed by atoms with Gasteiger partial charge in [-0.2, -0.15) is 0 Å². The number of ether oxygens (including phenoxy) is 1. The largest absolute Gasteiger partial charge is 0.484 e. The number of aryl methyl sites for hydroxylation is 1. The van der Waals surface area contributed by atoms with Crippen molar-refractivity contribution >= 4 is 40.1 Å². The summed E-state index contributed by atoms with van der Waals surface area (Å²) in [4.78, 5) is 37.4. The average Bonchev–Trinajstić information content (AvgIpc) is 2.72. The molecule has 0 unspecified atom stereocenters. The van der Waals surface area contributed by atoms with Crippen LogP contribution < -0.4 is 15.7 Å². The van der Waals surface area contributed by atoms with Crippen LogP contribution in [0.2, 0.25) is 5.02 Å². The first kappa shape index (κ1) is 21.4. The Balaban J connectivity index is 1.58. The van der Waals surface area contributed by atoms with E-state index >= 15 is 0 Å². The van der Waals surface area contributed by atoms with Gasteiger partial charge in [-0.3, -0.25) is 9.59 Å². The van der Waals surface area contributed by atoms with E-state index in [1.807, 2.05) is 6.92 Å². The molecule has 8 heteroatoms. The lowest BCUT2D eigenvalue weighted by molar-refractivity contribution is -0.135. The van der Waals surface area contributed by atoms with E-state index in [-0.39, 0.29) is 25.0 Å². The Hall–Kier alpha value is -3.32. The Morgan fingerprint density at radius 1 is 1.17 bits per heavy atom. The predicted octanol–water partition coefficient (Wildman–Crippen LogP) is 3.48. The minimum atomic E-state index is -0.433. The van der Waals surface area contributed by atoms with Crippen LogP contribution in [0.3, 0.4) is 0 Å². The molecule has 2 aromatic carbocycles. The Morgan fingerprint density at radius 3 is 2.67 bits per heavy atom. The third kappa shape index (κ3) is 5.18. The van der Waals surface area contributed by atoms with E-state index in [0.717, 1.165) is 10.9 Å². The highest BCUT2D eigenvalue weighted by atomic mass is 35.5. The second kappa shape index (κ2) is 9.45. The molecule has 0 saturated carbocycles. The molecule has 0 aliphatic heterocycles. The van der Waals surface area contributed by atoms with Gasteiger partial charge in [0.1, 0.15) is 11.3 Å². The Morgan fingerprint density at radius 2 is 1.93 bits per heavy atom. The van der Waals surface area contributed by atoms with Crippen molar-refractivity contribution in [2.45, 2.75) is 13.3 Å². The molecular weight excluding hydrogens is 408 g/mol. The second-order valence-corrected chi connectivity index (χ2v) is 7.08. The minimum Gasteiger partial charge on any atom is -0.484 e. The van der Waals surface area contributed by atoms with Crippen molar-refractivity contribution in [3.63, 3.8) is 0 Å². The second-order valence-electron chi connectivity index (χ2n) is 6.67. The fourth-order valence-electron chi connectivity index (χ4n) is 2.90. The van der Waals surface area contributed by atoms with Crippen molar-refractivity contribution in [2.24, 2.45) is 0 Å². The molecule has 0 fully saturated rings. The zero-order chi connectivity index (χ0) is 21.7. The van der Waals surface area contributed by atoms with E-state index in [0.29, 0.717) is 28.5 Å². The quantitative estimate of drug-likeness (QED) is 0.582. The van der Waals surface area contributed by atoms with E-state index in [4.69, 9.17) is 20.8 Å². The molecule has 3 rings (SSSR count). The molecule has 30 heavy (non-hydrogen) atoms. The lowest BCUT2D eigenvalue weighted by Gasteiger charge is -2.17. The van der Waals surface area contributed by atoms with Crippen LogP contribution in [0.1, 0.15) is 12.5 Å². The molecule has 0 atom stereocenters. The van der Waals surface area contributed by atoms with E-state index in [1.165, 1.54) is 18.0 Å². The summed E-state index contributed by atoms with van der Waals surface area (Å²) in [5.41, 5.74) is 1.33. The number of fused-ring (bicyclic) bond motifs is 1. The van der Waals surface area contributed by atoms with Crippen LogP contribution in [0.15, 0.2) is 57.7 Å². The summed E-state index contributed by atoms with van der Waals surface area (Å²) in [5.74, 6) is -0.368. The fourth-order valence-corrected chi connectivity index (χ4v) is 3.09. The molecule has 0 spiro atoms. The van der Waals surface area contributed by atoms with Gasteiger partial charge in [0.25, 0.3) is 5.91 Å². The summed E-state index contributed by atoms with van der Waals surface area (Å²) in [7, 11) is 1.50. The monoisotopic (exact) mass is 428 g/mol. The Kier molecular flexibility index (Phi) is 6.74. The maximum Gasteiger partial charge on any atom is 0.336 e. The van der Waals surface area contributed by atoms with Crippen LogP contribution in [-0.4, -0.2) is 36.9 Å². The van der Waals surface area contributed by atoms with Gasteiger partial charge in [-0.05, 0) is 36.2 Å². The van der Waals surface area contributed by atoms with Crippen LogP contribution in [0.5, 0.6) is 5.75 Å². The first-order chi connectivity index (χ1) is 14.4. The SMILES string of the molecule is CCc1cc(=O)oc2cc(OCC(=O)N(C)CC(=O)Nc3ccccc3Cl)ccc12. The number of nitrogens with zero attached hydrogens (tertiary/aromatic N) is 1. The zero-order valence-corrected chi connectivity index (χ0v) is 17.4. The van der Waals surface area contributed by atoms with E-state index in [2.05, 4.69) is 5.32 Å². The molecular formula is C22H21ClN2O5. The van der Waals surface area contributed by atoms with Gasteiger partial charge in [0.2, 0.25) is 5.91 Å². The molecule has 0 bridgehead atoms. The average molecular weight is 429 g/mol. The van der Waals surface area contributed by atoms with Crippen molar-refractivity contribution in [1.29, 1.82) is 0 Å². The van der Waals surface area contributed by atoms with Gasteiger partial charge < -0.3 is 19.4 Å². The lowest BCUT2D eigenvalue weighted by atomic mass is 10.1. The van der Waals surface area contributed by atoms with Gasteiger partial charge in [0.15, 0.2) is 6.61 Å². The van der Waals surface area contributed by atoms with Crippen LogP contribution in [-0.2, 0) is 16.0 Å². The molecule has 1 N–H and O–H groups in total. The van der Waals surface area contributed by atoms with Crippen LogP contribution >= 0.6 is 11.6 Å². The van der Waals surface area contributed by atoms with Crippen molar-refractivity contribution in [3.05, 3.63) is 69.5 Å². The molecule has 2 amide bonds.